The van der Waals surface area contributed by atoms with E-state index in [9.17, 15) is 22.8 Å². The lowest BCUT2D eigenvalue weighted by atomic mass is 9.81. The number of carbonyl (C=O) groups excluding carboxylic acids is 3. The lowest BCUT2D eigenvalue weighted by Crippen LogP contribution is -2.30. The molecule has 1 saturated heterocycles. The first-order valence-electron chi connectivity index (χ1n) is 10.8. The zero-order valence-corrected chi connectivity index (χ0v) is 18.9. The van der Waals surface area contributed by atoms with Gasteiger partial charge in [-0.25, -0.2) is 8.42 Å². The van der Waals surface area contributed by atoms with Crippen molar-refractivity contribution in [3.05, 3.63) is 59.2 Å². The van der Waals surface area contributed by atoms with Crippen LogP contribution in [0.2, 0.25) is 0 Å². The van der Waals surface area contributed by atoms with Crippen LogP contribution in [0.3, 0.4) is 0 Å². The number of Topliss-reactive ketones (excluding diaryl/α,β-unsaturated/α-hetero) is 1. The van der Waals surface area contributed by atoms with Gasteiger partial charge in [0, 0.05) is 11.3 Å². The van der Waals surface area contributed by atoms with Crippen LogP contribution in [0.4, 0.5) is 5.69 Å². The molecular weight excluding hydrogens is 428 g/mol. The van der Waals surface area contributed by atoms with Gasteiger partial charge in [0.05, 0.1) is 23.3 Å². The van der Waals surface area contributed by atoms with Crippen LogP contribution in [0.5, 0.6) is 0 Å². The summed E-state index contributed by atoms with van der Waals surface area (Å²) in [6, 6.07) is 11.2. The molecule has 1 heterocycles. The van der Waals surface area contributed by atoms with E-state index in [0.717, 1.165) is 25.7 Å². The lowest BCUT2D eigenvalue weighted by Gasteiger charge is -2.19. The SMILES string of the molecule is CC(=O)c1cccc(NS(=O)(=O)c2cc(CN3C(=O)C4CCCCC4C3=O)ccc2C)c1. The number of hydrogen-bond donors (Lipinski definition) is 1. The molecule has 1 N–H and O–H groups in total. The molecule has 0 bridgehead atoms. The van der Waals surface area contributed by atoms with Gasteiger partial charge in [0.15, 0.2) is 5.78 Å². The van der Waals surface area contributed by atoms with Gasteiger partial charge in [-0.05, 0) is 56.0 Å². The summed E-state index contributed by atoms with van der Waals surface area (Å²) in [5.41, 5.74) is 1.81. The van der Waals surface area contributed by atoms with Crippen molar-refractivity contribution in [3.8, 4) is 0 Å². The van der Waals surface area contributed by atoms with Crippen LogP contribution in [0, 0.1) is 18.8 Å². The maximum atomic E-state index is 13.1. The average Bonchev–Trinajstić information content (AvgIpc) is 3.00. The van der Waals surface area contributed by atoms with E-state index in [2.05, 4.69) is 4.72 Å². The summed E-state index contributed by atoms with van der Waals surface area (Å²) in [6.45, 7) is 3.16. The van der Waals surface area contributed by atoms with E-state index in [1.54, 1.807) is 37.3 Å². The Hall–Kier alpha value is -3.00. The summed E-state index contributed by atoms with van der Waals surface area (Å²) in [4.78, 5) is 38.5. The van der Waals surface area contributed by atoms with E-state index in [0.29, 0.717) is 16.7 Å². The smallest absolute Gasteiger partial charge is 0.262 e. The van der Waals surface area contributed by atoms with Gasteiger partial charge in [-0.3, -0.25) is 24.0 Å². The highest BCUT2D eigenvalue weighted by molar-refractivity contribution is 7.92. The summed E-state index contributed by atoms with van der Waals surface area (Å²) in [5.74, 6) is -0.933. The first-order chi connectivity index (χ1) is 15.2. The van der Waals surface area contributed by atoms with Crippen LogP contribution < -0.4 is 4.72 Å². The van der Waals surface area contributed by atoms with Gasteiger partial charge < -0.3 is 0 Å². The first-order valence-corrected chi connectivity index (χ1v) is 12.2. The first kappa shape index (κ1) is 22.2. The lowest BCUT2D eigenvalue weighted by molar-refractivity contribution is -0.140. The zero-order valence-electron chi connectivity index (χ0n) is 18.1. The number of likely N-dealkylation sites (tertiary alicyclic amines) is 1. The maximum Gasteiger partial charge on any atom is 0.262 e. The number of benzene rings is 2. The Morgan fingerprint density at radius 2 is 1.69 bits per heavy atom. The van der Waals surface area contributed by atoms with Gasteiger partial charge in [0.1, 0.15) is 0 Å². The highest BCUT2D eigenvalue weighted by Gasteiger charge is 2.47. The second kappa shape index (κ2) is 8.50. The van der Waals surface area contributed by atoms with Crippen molar-refractivity contribution in [1.29, 1.82) is 0 Å². The van der Waals surface area contributed by atoms with E-state index in [-0.39, 0.29) is 46.6 Å². The fraction of sp³-hybridized carbons (Fsp3) is 0.375. The number of imide groups is 1. The number of nitrogens with one attached hydrogen (secondary N) is 1. The molecule has 0 radical (unpaired) electrons. The number of sulfonamides is 1. The largest absolute Gasteiger partial charge is 0.295 e. The number of fused-ring (bicyclic) bond motifs is 1. The van der Waals surface area contributed by atoms with E-state index < -0.39 is 10.0 Å². The summed E-state index contributed by atoms with van der Waals surface area (Å²) in [5, 5.41) is 0. The van der Waals surface area contributed by atoms with Gasteiger partial charge in [-0.2, -0.15) is 0 Å². The van der Waals surface area contributed by atoms with Crippen molar-refractivity contribution < 1.29 is 22.8 Å². The predicted octanol–water partition coefficient (Wildman–Crippen LogP) is 3.67. The molecule has 2 atom stereocenters. The Bertz CT molecular complexity index is 1180. The fourth-order valence-electron chi connectivity index (χ4n) is 4.61. The molecule has 168 valence electrons. The third-order valence-corrected chi connectivity index (χ3v) is 7.86. The normalized spacial score (nSPS) is 20.9. The molecule has 8 heteroatoms. The number of rotatable bonds is 6. The molecular formula is C24H26N2O5S. The number of hydrogen-bond acceptors (Lipinski definition) is 5. The topological polar surface area (TPSA) is 101 Å². The fourth-order valence-corrected chi connectivity index (χ4v) is 5.96. The van der Waals surface area contributed by atoms with Gasteiger partial charge >= 0.3 is 0 Å². The Morgan fingerprint density at radius 1 is 1.03 bits per heavy atom. The molecule has 2 aromatic rings. The molecule has 1 saturated carbocycles. The summed E-state index contributed by atoms with van der Waals surface area (Å²) in [6.07, 6.45) is 3.39. The molecule has 7 nitrogen and oxygen atoms in total. The van der Waals surface area contributed by atoms with Crippen LogP contribution in [0.25, 0.3) is 0 Å². The number of carbonyl (C=O) groups is 3. The number of ketones is 1. The number of nitrogens with zero attached hydrogens (tertiary/aromatic N) is 1. The average molecular weight is 455 g/mol. The zero-order chi connectivity index (χ0) is 23.0. The third-order valence-electron chi connectivity index (χ3n) is 6.34. The molecule has 2 aliphatic rings. The van der Waals surface area contributed by atoms with E-state index >= 15 is 0 Å². The minimum absolute atomic E-state index is 0.0628. The van der Waals surface area contributed by atoms with Crippen LogP contribution in [-0.4, -0.2) is 30.9 Å². The standard InChI is InChI=1S/C24H26N2O5S/c1-15-10-11-17(14-26-23(28)20-8-3-4-9-21(20)24(26)29)12-22(15)32(30,31)25-19-7-5-6-18(13-19)16(2)27/h5-7,10-13,20-21,25H,3-4,8-9,14H2,1-2H3. The third kappa shape index (κ3) is 4.19. The van der Waals surface area contributed by atoms with Crippen molar-refractivity contribution in [2.75, 3.05) is 4.72 Å². The molecule has 2 unspecified atom stereocenters. The van der Waals surface area contributed by atoms with Gasteiger partial charge in [-0.15, -0.1) is 0 Å². The highest BCUT2D eigenvalue weighted by Crippen LogP contribution is 2.38. The van der Waals surface area contributed by atoms with E-state index in [1.165, 1.54) is 24.0 Å². The number of aryl methyl sites for hydroxylation is 1. The van der Waals surface area contributed by atoms with Crippen molar-refractivity contribution in [1.82, 2.24) is 4.90 Å². The highest BCUT2D eigenvalue weighted by atomic mass is 32.2. The molecule has 1 aliphatic heterocycles. The second-order valence-corrected chi connectivity index (χ2v) is 10.3. The molecule has 2 aromatic carbocycles. The summed E-state index contributed by atoms with van der Waals surface area (Å²) < 4.78 is 28.7. The van der Waals surface area contributed by atoms with Crippen molar-refractivity contribution in [2.45, 2.75) is 51.0 Å². The monoisotopic (exact) mass is 454 g/mol. The van der Waals surface area contributed by atoms with Crippen molar-refractivity contribution in [3.63, 3.8) is 0 Å². The quantitative estimate of drug-likeness (QED) is 0.530. The molecule has 4 rings (SSSR count). The summed E-state index contributed by atoms with van der Waals surface area (Å²) >= 11 is 0. The van der Waals surface area contributed by atoms with Crippen molar-refractivity contribution >= 4 is 33.3 Å². The Kier molecular flexibility index (Phi) is 5.90. The minimum Gasteiger partial charge on any atom is -0.295 e. The van der Waals surface area contributed by atoms with Gasteiger partial charge in [0.2, 0.25) is 11.8 Å². The Labute approximate surface area is 187 Å². The van der Waals surface area contributed by atoms with Crippen LogP contribution in [0.1, 0.15) is 54.1 Å². The van der Waals surface area contributed by atoms with Crippen LogP contribution in [0.15, 0.2) is 47.4 Å². The summed E-state index contributed by atoms with van der Waals surface area (Å²) in [7, 11) is -3.94. The predicted molar refractivity (Wildman–Crippen MR) is 119 cm³/mol. The Morgan fingerprint density at radius 3 is 2.31 bits per heavy atom. The molecule has 32 heavy (non-hydrogen) atoms. The number of anilines is 1. The second-order valence-electron chi connectivity index (χ2n) is 8.60. The molecule has 2 amide bonds. The van der Waals surface area contributed by atoms with Crippen LogP contribution in [-0.2, 0) is 26.2 Å². The number of amides is 2. The molecule has 0 aromatic heterocycles. The Balaban J connectivity index is 1.59. The molecule has 0 spiro atoms. The van der Waals surface area contributed by atoms with Crippen molar-refractivity contribution in [2.24, 2.45) is 11.8 Å². The minimum atomic E-state index is -3.94. The molecule has 2 fully saturated rings. The van der Waals surface area contributed by atoms with Crippen LogP contribution >= 0.6 is 0 Å². The molecule has 1 aliphatic carbocycles. The van der Waals surface area contributed by atoms with Gasteiger partial charge in [0.25, 0.3) is 10.0 Å². The van der Waals surface area contributed by atoms with E-state index in [1.807, 2.05) is 0 Å². The maximum absolute atomic E-state index is 13.1. The van der Waals surface area contributed by atoms with E-state index in [4.69, 9.17) is 0 Å². The van der Waals surface area contributed by atoms with Gasteiger partial charge in [-0.1, -0.05) is 37.1 Å².